The quantitative estimate of drug-likeness (QED) is 0.794. The third kappa shape index (κ3) is 1.64. The van der Waals surface area contributed by atoms with Crippen molar-refractivity contribution in [3.8, 4) is 0 Å². The third-order valence-corrected chi connectivity index (χ3v) is 3.06. The Hall–Kier alpha value is -1.00. The van der Waals surface area contributed by atoms with E-state index in [-0.39, 0.29) is 0 Å². The lowest BCUT2D eigenvalue weighted by Crippen LogP contribution is -2.26. The minimum Gasteiger partial charge on any atom is -0.380 e. The number of halogens is 1. The van der Waals surface area contributed by atoms with Gasteiger partial charge in [0.15, 0.2) is 0 Å². The highest BCUT2D eigenvalue weighted by Gasteiger charge is 2.23. The van der Waals surface area contributed by atoms with E-state index in [1.807, 2.05) is 24.4 Å². The van der Waals surface area contributed by atoms with Crippen LogP contribution in [0.3, 0.4) is 0 Å². The van der Waals surface area contributed by atoms with Crippen LogP contribution in [0.1, 0.15) is 11.7 Å². The van der Waals surface area contributed by atoms with Crippen molar-refractivity contribution in [3.05, 3.63) is 34.7 Å². The standard InChI is InChI=1S/C11H9BrN2O/c12-9-2-1-7-4-13-11(8-5-15-6-8)14-10(7)3-9/h1-4,8H,5-6H2. The minimum atomic E-state index is 0.383. The molecule has 0 spiro atoms. The van der Waals surface area contributed by atoms with Gasteiger partial charge >= 0.3 is 0 Å². The molecule has 0 radical (unpaired) electrons. The van der Waals surface area contributed by atoms with Crippen LogP contribution >= 0.6 is 15.9 Å². The Morgan fingerprint density at radius 3 is 2.93 bits per heavy atom. The first kappa shape index (κ1) is 9.24. The Morgan fingerprint density at radius 2 is 2.20 bits per heavy atom. The van der Waals surface area contributed by atoms with Crippen LogP contribution in [0.5, 0.6) is 0 Å². The third-order valence-electron chi connectivity index (χ3n) is 2.57. The summed E-state index contributed by atoms with van der Waals surface area (Å²) in [6.07, 6.45) is 1.88. The molecule has 0 amide bonds. The largest absolute Gasteiger partial charge is 0.380 e. The van der Waals surface area contributed by atoms with E-state index in [0.29, 0.717) is 5.92 Å². The number of rotatable bonds is 1. The van der Waals surface area contributed by atoms with E-state index in [4.69, 9.17) is 4.74 Å². The summed E-state index contributed by atoms with van der Waals surface area (Å²) in [5.41, 5.74) is 0.987. The zero-order valence-corrected chi connectivity index (χ0v) is 9.57. The molecule has 0 unspecified atom stereocenters. The Labute approximate surface area is 95.6 Å². The molecule has 1 saturated heterocycles. The molecule has 3 nitrogen and oxygen atoms in total. The number of benzene rings is 1. The van der Waals surface area contributed by atoms with Crippen LogP contribution in [0.15, 0.2) is 28.9 Å². The maximum Gasteiger partial charge on any atom is 0.136 e. The summed E-state index contributed by atoms with van der Waals surface area (Å²) in [4.78, 5) is 8.89. The summed E-state index contributed by atoms with van der Waals surface area (Å²) in [6.45, 7) is 1.50. The van der Waals surface area contributed by atoms with Crippen molar-refractivity contribution < 1.29 is 4.74 Å². The SMILES string of the molecule is Brc1ccc2cnc(C3COC3)nc2c1. The van der Waals surface area contributed by atoms with E-state index >= 15 is 0 Å². The van der Waals surface area contributed by atoms with Crippen LogP contribution < -0.4 is 0 Å². The lowest BCUT2D eigenvalue weighted by atomic mass is 10.1. The van der Waals surface area contributed by atoms with Crippen molar-refractivity contribution in [2.24, 2.45) is 0 Å². The topological polar surface area (TPSA) is 35.0 Å². The molecule has 0 bridgehead atoms. The molecule has 76 valence electrons. The van der Waals surface area contributed by atoms with Crippen molar-refractivity contribution in [3.63, 3.8) is 0 Å². The molecule has 0 N–H and O–H groups in total. The van der Waals surface area contributed by atoms with Gasteiger partial charge in [0.25, 0.3) is 0 Å². The summed E-state index contributed by atoms with van der Waals surface area (Å²) in [7, 11) is 0. The van der Waals surface area contributed by atoms with Gasteiger partial charge in [-0.25, -0.2) is 9.97 Å². The summed E-state index contributed by atoms with van der Waals surface area (Å²) in [6, 6.07) is 6.03. The molecular formula is C11H9BrN2O. The van der Waals surface area contributed by atoms with Crippen molar-refractivity contribution in [1.82, 2.24) is 9.97 Å². The number of ether oxygens (including phenoxy) is 1. The van der Waals surface area contributed by atoms with Crippen LogP contribution in [-0.2, 0) is 4.74 Å². The Balaban J connectivity index is 2.11. The monoisotopic (exact) mass is 264 g/mol. The fraction of sp³-hybridized carbons (Fsp3) is 0.273. The van der Waals surface area contributed by atoms with Crippen LogP contribution in [0, 0.1) is 0 Å². The minimum absolute atomic E-state index is 0.383. The number of aromatic nitrogens is 2. The highest BCUT2D eigenvalue weighted by molar-refractivity contribution is 9.10. The van der Waals surface area contributed by atoms with Gasteiger partial charge < -0.3 is 4.74 Å². The van der Waals surface area contributed by atoms with Crippen molar-refractivity contribution >= 4 is 26.8 Å². The van der Waals surface area contributed by atoms with Gasteiger partial charge in [0, 0.05) is 16.1 Å². The number of hydrogen-bond donors (Lipinski definition) is 0. The molecule has 15 heavy (non-hydrogen) atoms. The first-order valence-electron chi connectivity index (χ1n) is 4.83. The maximum atomic E-state index is 5.14. The molecule has 0 saturated carbocycles. The average Bonchev–Trinajstić information content (AvgIpc) is 2.14. The van der Waals surface area contributed by atoms with Gasteiger partial charge in [-0.05, 0) is 12.1 Å². The van der Waals surface area contributed by atoms with Crippen molar-refractivity contribution in [1.29, 1.82) is 0 Å². The Morgan fingerprint density at radius 1 is 1.33 bits per heavy atom. The van der Waals surface area contributed by atoms with Gasteiger partial charge in [-0.1, -0.05) is 22.0 Å². The predicted molar refractivity (Wildman–Crippen MR) is 60.8 cm³/mol. The molecule has 1 aromatic carbocycles. The second-order valence-corrected chi connectivity index (χ2v) is 4.58. The Kier molecular flexibility index (Phi) is 2.18. The lowest BCUT2D eigenvalue weighted by molar-refractivity contribution is 0.00499. The van der Waals surface area contributed by atoms with Gasteiger partial charge in [0.2, 0.25) is 0 Å². The van der Waals surface area contributed by atoms with E-state index < -0.39 is 0 Å². The van der Waals surface area contributed by atoms with Gasteiger partial charge in [-0.3, -0.25) is 0 Å². The van der Waals surface area contributed by atoms with Gasteiger partial charge in [0.1, 0.15) is 5.82 Å². The lowest BCUT2D eigenvalue weighted by Gasteiger charge is -2.24. The molecule has 2 aromatic rings. The summed E-state index contributed by atoms with van der Waals surface area (Å²) in [5.74, 6) is 1.28. The zero-order chi connectivity index (χ0) is 10.3. The molecule has 1 aliphatic rings. The van der Waals surface area contributed by atoms with E-state index in [2.05, 4.69) is 25.9 Å². The molecule has 0 aliphatic carbocycles. The van der Waals surface area contributed by atoms with Crippen LogP contribution in [0.25, 0.3) is 10.9 Å². The molecule has 2 heterocycles. The van der Waals surface area contributed by atoms with E-state index in [1.165, 1.54) is 0 Å². The fourth-order valence-electron chi connectivity index (χ4n) is 1.59. The van der Waals surface area contributed by atoms with Crippen LogP contribution in [0.2, 0.25) is 0 Å². The molecule has 1 aliphatic heterocycles. The van der Waals surface area contributed by atoms with Crippen molar-refractivity contribution in [2.45, 2.75) is 5.92 Å². The fourth-order valence-corrected chi connectivity index (χ4v) is 1.94. The molecular weight excluding hydrogens is 256 g/mol. The zero-order valence-electron chi connectivity index (χ0n) is 7.98. The van der Waals surface area contributed by atoms with E-state index in [1.54, 1.807) is 0 Å². The van der Waals surface area contributed by atoms with Gasteiger partial charge in [0.05, 0.1) is 24.6 Å². The normalized spacial score (nSPS) is 16.6. The second-order valence-electron chi connectivity index (χ2n) is 3.67. The summed E-state index contributed by atoms with van der Waals surface area (Å²) >= 11 is 3.44. The number of nitrogens with zero attached hydrogens (tertiary/aromatic N) is 2. The predicted octanol–water partition coefficient (Wildman–Crippen LogP) is 2.51. The summed E-state index contributed by atoms with van der Waals surface area (Å²) < 4.78 is 6.18. The molecule has 1 aromatic heterocycles. The van der Waals surface area contributed by atoms with Crippen LogP contribution in [0.4, 0.5) is 0 Å². The molecule has 0 atom stereocenters. The first-order chi connectivity index (χ1) is 7.33. The summed E-state index contributed by atoms with van der Waals surface area (Å²) in [5, 5.41) is 1.07. The highest BCUT2D eigenvalue weighted by atomic mass is 79.9. The van der Waals surface area contributed by atoms with Crippen LogP contribution in [-0.4, -0.2) is 23.2 Å². The first-order valence-corrected chi connectivity index (χ1v) is 5.62. The second kappa shape index (κ2) is 3.54. The van der Waals surface area contributed by atoms with Gasteiger partial charge in [-0.15, -0.1) is 0 Å². The molecule has 4 heteroatoms. The van der Waals surface area contributed by atoms with E-state index in [0.717, 1.165) is 34.4 Å². The highest BCUT2D eigenvalue weighted by Crippen LogP contribution is 2.23. The Bertz CT molecular complexity index is 511. The molecule has 1 fully saturated rings. The molecule has 3 rings (SSSR count). The smallest absolute Gasteiger partial charge is 0.136 e. The maximum absolute atomic E-state index is 5.14. The van der Waals surface area contributed by atoms with Crippen molar-refractivity contribution in [2.75, 3.05) is 13.2 Å². The van der Waals surface area contributed by atoms with E-state index in [9.17, 15) is 0 Å². The average molecular weight is 265 g/mol. The number of fused-ring (bicyclic) bond motifs is 1. The number of hydrogen-bond acceptors (Lipinski definition) is 3. The van der Waals surface area contributed by atoms with Gasteiger partial charge in [-0.2, -0.15) is 0 Å².